The average Bonchev–Trinajstić information content (AvgIpc) is 3.00. The molecule has 2 aromatic rings. The third kappa shape index (κ3) is 15.0. The number of hydrogen-bond donors (Lipinski definition) is 5. The Kier molecular flexibility index (Phi) is 18.2. The predicted molar refractivity (Wildman–Crippen MR) is 200 cm³/mol. The van der Waals surface area contributed by atoms with Gasteiger partial charge < -0.3 is 35.8 Å². The van der Waals surface area contributed by atoms with Crippen molar-refractivity contribution in [2.24, 2.45) is 0 Å². The first-order valence-electron chi connectivity index (χ1n) is 16.4. The Morgan fingerprint density at radius 3 is 1.55 bits per heavy atom. The van der Waals surface area contributed by atoms with Crippen LogP contribution in [0.4, 0.5) is 16.2 Å². The highest BCUT2D eigenvalue weighted by Gasteiger charge is 2.26. The molecule has 5 N–H and O–H groups in total. The van der Waals surface area contributed by atoms with Crippen LogP contribution in [0.15, 0.2) is 36.4 Å². The predicted octanol–water partition coefficient (Wildman–Crippen LogP) is 5.06. The number of benzene rings is 2. The number of halogens is 2. The number of carbonyl (C=O) groups excluding carboxylic acids is 1. The van der Waals surface area contributed by atoms with E-state index in [9.17, 15) is 14.4 Å². The minimum absolute atomic E-state index is 0. The van der Waals surface area contributed by atoms with Gasteiger partial charge in [-0.05, 0) is 82.9 Å². The fourth-order valence-corrected chi connectivity index (χ4v) is 5.28. The Labute approximate surface area is 303 Å². The largest absolute Gasteiger partial charge is 0.480 e. The molecule has 0 bridgehead atoms. The highest BCUT2D eigenvalue weighted by Crippen LogP contribution is 2.23. The fourth-order valence-electron chi connectivity index (χ4n) is 5.28. The van der Waals surface area contributed by atoms with Crippen molar-refractivity contribution in [2.75, 3.05) is 63.0 Å². The summed E-state index contributed by atoms with van der Waals surface area (Å²) in [6.07, 6.45) is -0.268. The number of carbonyl (C=O) groups is 3. The molecule has 4 rings (SSSR count). The number of aliphatic carboxylic acids is 2. The Morgan fingerprint density at radius 1 is 0.755 bits per heavy atom. The van der Waals surface area contributed by atoms with Crippen LogP contribution in [0.3, 0.4) is 0 Å². The monoisotopic (exact) mass is 726 g/mol. The molecule has 0 spiro atoms. The Hall–Kier alpha value is -3.29. The average molecular weight is 728 g/mol. The van der Waals surface area contributed by atoms with Crippen molar-refractivity contribution < 1.29 is 29.3 Å². The van der Waals surface area contributed by atoms with Crippen LogP contribution in [-0.2, 0) is 27.4 Å². The third-order valence-electron chi connectivity index (χ3n) is 8.04. The lowest BCUT2D eigenvalue weighted by molar-refractivity contribution is -0.138. The van der Waals surface area contributed by atoms with Gasteiger partial charge in [0.2, 0.25) is 0 Å². The van der Waals surface area contributed by atoms with E-state index in [-0.39, 0.29) is 30.9 Å². The molecule has 0 aromatic heterocycles. The summed E-state index contributed by atoms with van der Waals surface area (Å²) < 4.78 is 5.43. The Balaban J connectivity index is 0.000000489. The van der Waals surface area contributed by atoms with E-state index in [1.807, 2.05) is 58.9 Å². The van der Waals surface area contributed by atoms with Gasteiger partial charge in [-0.25, -0.2) is 4.79 Å². The van der Waals surface area contributed by atoms with Crippen molar-refractivity contribution in [2.45, 2.75) is 79.2 Å². The molecule has 276 valence electrons. The first-order valence-corrected chi connectivity index (χ1v) is 16.4. The number of nitrogens with one attached hydrogen (secondary N) is 3. The summed E-state index contributed by atoms with van der Waals surface area (Å²) in [6, 6.07) is 11.0. The van der Waals surface area contributed by atoms with E-state index in [0.29, 0.717) is 19.6 Å². The second kappa shape index (κ2) is 20.4. The summed E-state index contributed by atoms with van der Waals surface area (Å²) in [5, 5.41) is 27.7. The number of carboxylic acid groups (broad SMARTS) is 2. The summed E-state index contributed by atoms with van der Waals surface area (Å²) in [7, 11) is 0. The molecule has 2 saturated heterocycles. The normalized spacial score (nSPS) is 16.4. The lowest BCUT2D eigenvalue weighted by Crippen LogP contribution is -2.49. The molecule has 2 heterocycles. The fraction of sp³-hybridized carbons (Fsp3) is 0.571. The molecule has 2 aliphatic rings. The zero-order valence-corrected chi connectivity index (χ0v) is 31.5. The lowest BCUT2D eigenvalue weighted by Gasteiger charge is -2.36. The highest BCUT2D eigenvalue weighted by molar-refractivity contribution is 5.85. The summed E-state index contributed by atoms with van der Waals surface area (Å²) in [5.41, 5.74) is 5.71. The lowest BCUT2D eigenvalue weighted by atomic mass is 10.1. The van der Waals surface area contributed by atoms with Crippen molar-refractivity contribution >= 4 is 54.2 Å². The second-order valence-electron chi connectivity index (χ2n) is 13.5. The van der Waals surface area contributed by atoms with Gasteiger partial charge in [0.05, 0.1) is 0 Å². The molecule has 0 radical (unpaired) electrons. The van der Waals surface area contributed by atoms with Crippen LogP contribution in [-0.4, -0.2) is 113 Å². The molecule has 14 heteroatoms. The van der Waals surface area contributed by atoms with Crippen molar-refractivity contribution in [1.29, 1.82) is 0 Å². The van der Waals surface area contributed by atoms with Crippen molar-refractivity contribution in [3.05, 3.63) is 58.7 Å². The molecule has 0 unspecified atom stereocenters. The molecule has 2 fully saturated rings. The van der Waals surface area contributed by atoms with Gasteiger partial charge >= 0.3 is 18.0 Å². The summed E-state index contributed by atoms with van der Waals surface area (Å²) in [4.78, 5) is 40.7. The van der Waals surface area contributed by atoms with Gasteiger partial charge in [0.15, 0.2) is 0 Å². The maximum atomic E-state index is 12.2. The number of ether oxygens (including phenoxy) is 1. The number of hydrogen-bond acceptors (Lipinski definition) is 9. The maximum Gasteiger partial charge on any atom is 0.410 e. The molecule has 2 aromatic carbocycles. The number of nitrogens with zero attached hydrogens (tertiary/aromatic N) is 3. The number of anilines is 2. The van der Waals surface area contributed by atoms with Gasteiger partial charge in [0.1, 0.15) is 17.7 Å². The van der Waals surface area contributed by atoms with E-state index in [4.69, 9.17) is 14.9 Å². The van der Waals surface area contributed by atoms with E-state index in [1.54, 1.807) is 18.7 Å². The van der Waals surface area contributed by atoms with Crippen LogP contribution < -0.4 is 16.0 Å². The number of amides is 1. The quantitative estimate of drug-likeness (QED) is 0.224. The van der Waals surface area contributed by atoms with Crippen LogP contribution in [0.25, 0.3) is 0 Å². The maximum absolute atomic E-state index is 12.2. The van der Waals surface area contributed by atoms with Crippen molar-refractivity contribution in [3.8, 4) is 0 Å². The molecule has 49 heavy (non-hydrogen) atoms. The van der Waals surface area contributed by atoms with Gasteiger partial charge in [-0.1, -0.05) is 24.3 Å². The van der Waals surface area contributed by atoms with Gasteiger partial charge in [0, 0.05) is 76.8 Å². The van der Waals surface area contributed by atoms with E-state index >= 15 is 0 Å². The number of carboxylic acids is 2. The van der Waals surface area contributed by atoms with Gasteiger partial charge in [-0.2, -0.15) is 0 Å². The molecule has 0 saturated carbocycles. The van der Waals surface area contributed by atoms with Gasteiger partial charge in [-0.3, -0.25) is 19.4 Å². The Morgan fingerprint density at radius 2 is 1.16 bits per heavy atom. The minimum atomic E-state index is -0.881. The van der Waals surface area contributed by atoms with Crippen LogP contribution in [0, 0.1) is 13.8 Å². The van der Waals surface area contributed by atoms with Gasteiger partial charge in [-0.15, -0.1) is 24.8 Å². The van der Waals surface area contributed by atoms with E-state index < -0.39 is 29.6 Å². The SMILES string of the molecule is Cc1ccc(CN2CCN(C(=O)OC(C)(C)C)CC2)c(N[C@@H](C)C(=O)O)c1.Cc1ccc(CN2CCNCC2)c(N[C@@H](C)C(=O)O)c1.Cl.Cl. The van der Waals surface area contributed by atoms with Crippen LogP contribution in [0.2, 0.25) is 0 Å². The molecular formula is C35H56Cl2N6O6. The first-order chi connectivity index (χ1) is 22.1. The first kappa shape index (κ1) is 43.7. The Bertz CT molecular complexity index is 1360. The summed E-state index contributed by atoms with van der Waals surface area (Å²) in [5.74, 6) is -1.71. The summed E-state index contributed by atoms with van der Waals surface area (Å²) in [6.45, 7) is 21.3. The number of rotatable bonds is 10. The second-order valence-corrected chi connectivity index (χ2v) is 13.5. The van der Waals surface area contributed by atoms with Gasteiger partial charge in [0.25, 0.3) is 0 Å². The zero-order chi connectivity index (χ0) is 34.7. The van der Waals surface area contributed by atoms with E-state index in [2.05, 4.69) is 37.9 Å². The minimum Gasteiger partial charge on any atom is -0.480 e. The standard InChI is InChI=1S/C20H31N3O4.C15H23N3O2.2ClH/c1-14-6-7-16(17(12-14)21-15(2)18(24)25)13-22-8-10-23(11-9-22)19(26)27-20(3,4)5;1-11-3-4-13(10-18-7-5-16-6-8-18)14(9-11)17-12(2)15(19)20;;/h6-7,12,15,21H,8-11,13H2,1-5H3,(H,24,25);3-4,9,12,16-17H,5-8,10H2,1-2H3,(H,19,20);2*1H/t15-;12-;;/m00../s1. The van der Waals surface area contributed by atoms with Crippen LogP contribution in [0.1, 0.15) is 56.9 Å². The van der Waals surface area contributed by atoms with E-state index in [1.165, 1.54) is 0 Å². The third-order valence-corrected chi connectivity index (χ3v) is 8.04. The zero-order valence-electron chi connectivity index (χ0n) is 29.9. The summed E-state index contributed by atoms with van der Waals surface area (Å²) >= 11 is 0. The highest BCUT2D eigenvalue weighted by atomic mass is 35.5. The smallest absolute Gasteiger partial charge is 0.410 e. The topological polar surface area (TPSA) is 147 Å². The molecular weight excluding hydrogens is 671 g/mol. The van der Waals surface area contributed by atoms with Crippen LogP contribution >= 0.6 is 24.8 Å². The van der Waals surface area contributed by atoms with Crippen molar-refractivity contribution in [1.82, 2.24) is 20.0 Å². The number of piperazine rings is 2. The molecule has 2 atom stereocenters. The molecule has 12 nitrogen and oxygen atoms in total. The molecule has 0 aliphatic carbocycles. The number of aryl methyl sites for hydroxylation is 2. The molecule has 1 amide bonds. The van der Waals surface area contributed by atoms with Crippen LogP contribution in [0.5, 0.6) is 0 Å². The molecule has 2 aliphatic heterocycles. The van der Waals surface area contributed by atoms with Crippen molar-refractivity contribution in [3.63, 3.8) is 0 Å². The van der Waals surface area contributed by atoms with E-state index in [0.717, 1.165) is 79.4 Å².